The van der Waals surface area contributed by atoms with Gasteiger partial charge in [0.05, 0.1) is 5.54 Å². The molecule has 6 heteroatoms. The third-order valence-electron chi connectivity index (χ3n) is 1.34. The molecule has 72 valence electrons. The lowest BCUT2D eigenvalue weighted by Crippen LogP contribution is -2.61. The van der Waals surface area contributed by atoms with E-state index in [2.05, 4.69) is 12.7 Å². The fraction of sp³-hybridized carbons (Fsp3) is 0.833. The maximum atomic E-state index is 10.5. The number of quaternary nitrogens is 1. The molecule has 0 spiro atoms. The van der Waals surface area contributed by atoms with Crippen LogP contribution in [0.3, 0.4) is 0 Å². The highest BCUT2D eigenvalue weighted by molar-refractivity contribution is 5.70. The average molecular weight is 185 g/mol. The van der Waals surface area contributed by atoms with Crippen molar-refractivity contribution in [2.75, 3.05) is 0 Å². The molecule has 0 bridgehead atoms. The minimum atomic E-state index is -5.19. The average Bonchev–Trinajstić information content (AvgIpc) is 2.45. The molecule has 0 heterocycles. The van der Waals surface area contributed by atoms with Crippen LogP contribution in [0.4, 0.5) is 13.2 Å². The minimum Gasteiger partial charge on any atom is -0.542 e. The molecule has 0 radical (unpaired) electrons. The zero-order valence-corrected chi connectivity index (χ0v) is 6.57. The number of carboxylic acid groups (broad SMARTS) is 1. The smallest absolute Gasteiger partial charge is 0.430 e. The molecule has 3 nitrogen and oxygen atoms in total. The highest BCUT2D eigenvalue weighted by Crippen LogP contribution is 2.27. The van der Waals surface area contributed by atoms with E-state index in [0.29, 0.717) is 5.54 Å². The molecule has 0 aromatic heterocycles. The standard InChI is InChI=1S/C4H9N.C2HF3O2/c1-4(5)2-3-4;3-2(4,5)1(6)7/h2-3,5H2,1H3;(H,6,7). The van der Waals surface area contributed by atoms with Crippen molar-refractivity contribution in [2.24, 2.45) is 0 Å². The Morgan fingerprint density at radius 2 is 1.67 bits per heavy atom. The van der Waals surface area contributed by atoms with E-state index in [9.17, 15) is 13.2 Å². The Morgan fingerprint density at radius 1 is 1.50 bits per heavy atom. The predicted molar refractivity (Wildman–Crippen MR) is 31.6 cm³/mol. The van der Waals surface area contributed by atoms with Crippen molar-refractivity contribution in [1.29, 1.82) is 0 Å². The molecule has 1 aliphatic rings. The summed E-state index contributed by atoms with van der Waals surface area (Å²) in [6.07, 6.45) is -2.51. The van der Waals surface area contributed by atoms with Crippen LogP contribution in [0.2, 0.25) is 0 Å². The highest BCUT2D eigenvalue weighted by atomic mass is 19.4. The normalized spacial score (nSPS) is 19.1. The lowest BCUT2D eigenvalue weighted by molar-refractivity contribution is -0.431. The molecule has 0 unspecified atom stereocenters. The second-order valence-corrected chi connectivity index (χ2v) is 3.10. The van der Waals surface area contributed by atoms with Crippen LogP contribution >= 0.6 is 0 Å². The van der Waals surface area contributed by atoms with Gasteiger partial charge < -0.3 is 15.6 Å². The lowest BCUT2D eigenvalue weighted by Gasteiger charge is -2.03. The first-order valence-electron chi connectivity index (χ1n) is 3.29. The molecule has 1 saturated carbocycles. The topological polar surface area (TPSA) is 67.8 Å². The molecule has 0 aliphatic heterocycles. The van der Waals surface area contributed by atoms with Crippen LogP contribution in [0.1, 0.15) is 19.8 Å². The van der Waals surface area contributed by atoms with Crippen LogP contribution in [0, 0.1) is 0 Å². The third kappa shape index (κ3) is 5.96. The molecule has 12 heavy (non-hydrogen) atoms. The van der Waals surface area contributed by atoms with Crippen molar-refractivity contribution in [2.45, 2.75) is 31.5 Å². The van der Waals surface area contributed by atoms with Gasteiger partial charge in [-0.3, -0.25) is 0 Å². The summed E-state index contributed by atoms with van der Waals surface area (Å²) in [5.41, 5.74) is 4.38. The second-order valence-electron chi connectivity index (χ2n) is 3.10. The largest absolute Gasteiger partial charge is 0.542 e. The van der Waals surface area contributed by atoms with E-state index in [0.717, 1.165) is 0 Å². The first-order valence-corrected chi connectivity index (χ1v) is 3.29. The Bertz CT molecular complexity index is 170. The Morgan fingerprint density at radius 3 is 1.67 bits per heavy atom. The Hall–Kier alpha value is -0.780. The molecular weight excluding hydrogens is 175 g/mol. The third-order valence-corrected chi connectivity index (χ3v) is 1.34. The summed E-state index contributed by atoms with van der Waals surface area (Å²) in [6, 6.07) is 0. The molecule has 0 atom stereocenters. The molecule has 0 saturated heterocycles. The highest BCUT2D eigenvalue weighted by Gasteiger charge is 2.36. The number of carboxylic acids is 1. The summed E-state index contributed by atoms with van der Waals surface area (Å²) in [7, 11) is 0. The van der Waals surface area contributed by atoms with E-state index in [-0.39, 0.29) is 0 Å². The van der Waals surface area contributed by atoms with Gasteiger partial charge in [-0.1, -0.05) is 0 Å². The van der Waals surface area contributed by atoms with E-state index in [1.165, 1.54) is 12.8 Å². The van der Waals surface area contributed by atoms with Crippen molar-refractivity contribution in [3.05, 3.63) is 0 Å². The van der Waals surface area contributed by atoms with E-state index in [1.807, 2.05) is 0 Å². The number of carbonyl (C=O) groups excluding carboxylic acids is 1. The van der Waals surface area contributed by atoms with Gasteiger partial charge in [0.2, 0.25) is 0 Å². The fourth-order valence-corrected chi connectivity index (χ4v) is 0.213. The van der Waals surface area contributed by atoms with E-state index in [4.69, 9.17) is 9.90 Å². The van der Waals surface area contributed by atoms with Crippen LogP contribution in [0.5, 0.6) is 0 Å². The van der Waals surface area contributed by atoms with E-state index in [1.54, 1.807) is 0 Å². The molecule has 1 aliphatic carbocycles. The van der Waals surface area contributed by atoms with Gasteiger partial charge in [-0.25, -0.2) is 0 Å². The first kappa shape index (κ1) is 11.2. The molecule has 1 fully saturated rings. The zero-order valence-electron chi connectivity index (χ0n) is 6.57. The van der Waals surface area contributed by atoms with Gasteiger partial charge >= 0.3 is 6.18 Å². The summed E-state index contributed by atoms with van der Waals surface area (Å²) in [6.45, 7) is 2.19. The fourth-order valence-electron chi connectivity index (χ4n) is 0.213. The first-order chi connectivity index (χ1) is 5.15. The van der Waals surface area contributed by atoms with E-state index < -0.39 is 12.1 Å². The summed E-state index contributed by atoms with van der Waals surface area (Å²) in [4.78, 5) is 8.78. The Labute approximate surface area is 67.4 Å². The van der Waals surface area contributed by atoms with Crippen molar-refractivity contribution in [3.8, 4) is 0 Å². The quantitative estimate of drug-likeness (QED) is 0.530. The predicted octanol–water partition coefficient (Wildman–Crippen LogP) is -0.921. The molecule has 0 aromatic rings. The van der Waals surface area contributed by atoms with Crippen LogP contribution < -0.4 is 10.8 Å². The second kappa shape index (κ2) is 3.30. The summed E-state index contributed by atoms with van der Waals surface area (Å²) in [5.74, 6) is -3.01. The summed E-state index contributed by atoms with van der Waals surface area (Å²) >= 11 is 0. The van der Waals surface area contributed by atoms with Crippen molar-refractivity contribution in [3.63, 3.8) is 0 Å². The number of rotatable bonds is 0. The van der Waals surface area contributed by atoms with Gasteiger partial charge in [0.15, 0.2) is 0 Å². The number of hydrogen-bond donors (Lipinski definition) is 1. The molecule has 0 aromatic carbocycles. The van der Waals surface area contributed by atoms with Gasteiger partial charge in [0.25, 0.3) is 0 Å². The van der Waals surface area contributed by atoms with Crippen LogP contribution in [-0.2, 0) is 4.79 Å². The number of aliphatic carboxylic acids is 1. The SMILES string of the molecule is CC1([NH3+])CC1.O=C([O-])C(F)(F)F. The molecular formula is C6H10F3NO2. The van der Waals surface area contributed by atoms with Crippen LogP contribution in [-0.4, -0.2) is 17.7 Å². The molecule has 1 rings (SSSR count). The summed E-state index contributed by atoms with van der Waals surface area (Å²) in [5, 5.41) is 8.78. The maximum absolute atomic E-state index is 10.5. The van der Waals surface area contributed by atoms with Crippen molar-refractivity contribution < 1.29 is 28.8 Å². The van der Waals surface area contributed by atoms with Gasteiger partial charge in [-0.2, -0.15) is 13.2 Å². The monoisotopic (exact) mass is 185 g/mol. The minimum absolute atomic E-state index is 0.500. The van der Waals surface area contributed by atoms with Gasteiger partial charge in [0.1, 0.15) is 5.97 Å². The van der Waals surface area contributed by atoms with Gasteiger partial charge in [-0.05, 0) is 6.92 Å². The lowest BCUT2D eigenvalue weighted by atomic mass is 10.4. The van der Waals surface area contributed by atoms with Gasteiger partial charge in [0, 0.05) is 12.8 Å². The van der Waals surface area contributed by atoms with Crippen molar-refractivity contribution >= 4 is 5.97 Å². The number of alkyl halides is 3. The zero-order chi connectivity index (χ0) is 9.99. The number of halogens is 3. The summed E-state index contributed by atoms with van der Waals surface area (Å²) < 4.78 is 31.5. The Kier molecular flexibility index (Phi) is 3.09. The number of carbonyl (C=O) groups is 1. The van der Waals surface area contributed by atoms with Crippen LogP contribution in [0.25, 0.3) is 0 Å². The van der Waals surface area contributed by atoms with Crippen LogP contribution in [0.15, 0.2) is 0 Å². The van der Waals surface area contributed by atoms with E-state index >= 15 is 0 Å². The molecule has 3 N–H and O–H groups in total. The maximum Gasteiger partial charge on any atom is 0.430 e. The Balaban J connectivity index is 0.000000211. The molecule has 0 amide bonds. The van der Waals surface area contributed by atoms with Gasteiger partial charge in [-0.15, -0.1) is 0 Å². The van der Waals surface area contributed by atoms with Crippen molar-refractivity contribution in [1.82, 2.24) is 0 Å². The number of hydrogen-bond acceptors (Lipinski definition) is 2.